The SMILES string of the molecule is CN1CCCC(COc2cccc(Br)c2Cl)C1. The summed E-state index contributed by atoms with van der Waals surface area (Å²) in [4.78, 5) is 2.36. The molecule has 0 spiro atoms. The number of ether oxygens (including phenoxy) is 1. The summed E-state index contributed by atoms with van der Waals surface area (Å²) >= 11 is 9.56. The lowest BCUT2D eigenvalue weighted by Crippen LogP contribution is -2.34. The molecule has 2 rings (SSSR count). The fraction of sp³-hybridized carbons (Fsp3) is 0.538. The second-order valence-corrected chi connectivity index (χ2v) is 5.87. The third-order valence-corrected chi connectivity index (χ3v) is 4.39. The first-order valence-corrected chi connectivity index (χ1v) is 7.09. The second kappa shape index (κ2) is 6.07. The minimum absolute atomic E-state index is 0.615. The first kappa shape index (κ1) is 13.2. The van der Waals surface area contributed by atoms with Gasteiger partial charge in [-0.25, -0.2) is 0 Å². The van der Waals surface area contributed by atoms with Crippen LogP contribution in [0.25, 0.3) is 0 Å². The standard InChI is InChI=1S/C13H17BrClNO/c1-16-7-3-4-10(8-16)9-17-12-6-2-5-11(14)13(12)15/h2,5-6,10H,3-4,7-9H2,1H3. The van der Waals surface area contributed by atoms with Crippen LogP contribution in [-0.4, -0.2) is 31.6 Å². The van der Waals surface area contributed by atoms with Crippen molar-refractivity contribution in [1.29, 1.82) is 0 Å². The maximum atomic E-state index is 6.16. The molecule has 0 saturated carbocycles. The summed E-state index contributed by atoms with van der Waals surface area (Å²) in [7, 11) is 2.16. The van der Waals surface area contributed by atoms with Gasteiger partial charge in [0, 0.05) is 16.9 Å². The van der Waals surface area contributed by atoms with Gasteiger partial charge in [0.2, 0.25) is 0 Å². The Balaban J connectivity index is 1.91. The van der Waals surface area contributed by atoms with Crippen molar-refractivity contribution in [2.45, 2.75) is 12.8 Å². The molecule has 17 heavy (non-hydrogen) atoms. The predicted molar refractivity (Wildman–Crippen MR) is 74.9 cm³/mol. The summed E-state index contributed by atoms with van der Waals surface area (Å²) in [5.41, 5.74) is 0. The summed E-state index contributed by atoms with van der Waals surface area (Å²) < 4.78 is 6.70. The van der Waals surface area contributed by atoms with Gasteiger partial charge in [0.1, 0.15) is 5.75 Å². The van der Waals surface area contributed by atoms with Crippen molar-refractivity contribution in [1.82, 2.24) is 4.90 Å². The van der Waals surface area contributed by atoms with Crippen LogP contribution in [0.4, 0.5) is 0 Å². The van der Waals surface area contributed by atoms with Gasteiger partial charge in [-0.05, 0) is 54.5 Å². The van der Waals surface area contributed by atoms with Crippen molar-refractivity contribution in [3.63, 3.8) is 0 Å². The van der Waals surface area contributed by atoms with E-state index < -0.39 is 0 Å². The maximum Gasteiger partial charge on any atom is 0.139 e. The van der Waals surface area contributed by atoms with Crippen LogP contribution in [0.5, 0.6) is 5.75 Å². The van der Waals surface area contributed by atoms with Crippen LogP contribution in [0.3, 0.4) is 0 Å². The quantitative estimate of drug-likeness (QED) is 0.840. The van der Waals surface area contributed by atoms with Gasteiger partial charge in [0.15, 0.2) is 0 Å². The van der Waals surface area contributed by atoms with Crippen LogP contribution in [0, 0.1) is 5.92 Å². The lowest BCUT2D eigenvalue weighted by molar-refractivity contribution is 0.150. The molecule has 0 N–H and O–H groups in total. The monoisotopic (exact) mass is 317 g/mol. The molecular formula is C13H17BrClNO. The van der Waals surface area contributed by atoms with Crippen molar-refractivity contribution in [2.24, 2.45) is 5.92 Å². The molecule has 1 heterocycles. The van der Waals surface area contributed by atoms with Crippen molar-refractivity contribution in [3.8, 4) is 5.75 Å². The summed E-state index contributed by atoms with van der Waals surface area (Å²) in [5.74, 6) is 1.39. The average molecular weight is 319 g/mol. The molecule has 1 aromatic rings. The zero-order valence-electron chi connectivity index (χ0n) is 9.96. The molecule has 4 heteroatoms. The van der Waals surface area contributed by atoms with Gasteiger partial charge >= 0.3 is 0 Å². The third kappa shape index (κ3) is 3.60. The molecule has 2 nitrogen and oxygen atoms in total. The zero-order chi connectivity index (χ0) is 12.3. The number of halogens is 2. The number of benzene rings is 1. The molecule has 0 aliphatic carbocycles. The Morgan fingerprint density at radius 1 is 1.53 bits per heavy atom. The smallest absolute Gasteiger partial charge is 0.139 e. The van der Waals surface area contributed by atoms with Crippen molar-refractivity contribution in [3.05, 3.63) is 27.7 Å². The number of piperidine rings is 1. The van der Waals surface area contributed by atoms with Gasteiger partial charge in [-0.3, -0.25) is 0 Å². The first-order valence-electron chi connectivity index (χ1n) is 5.92. The Morgan fingerprint density at radius 2 is 2.35 bits per heavy atom. The van der Waals surface area contributed by atoms with E-state index in [1.807, 2.05) is 18.2 Å². The van der Waals surface area contributed by atoms with Crippen LogP contribution in [0.1, 0.15) is 12.8 Å². The Hall–Kier alpha value is -0.250. The van der Waals surface area contributed by atoms with Crippen molar-refractivity contribution >= 4 is 27.5 Å². The largest absolute Gasteiger partial charge is 0.492 e. The van der Waals surface area contributed by atoms with E-state index in [0.717, 1.165) is 23.4 Å². The molecule has 0 bridgehead atoms. The van der Waals surface area contributed by atoms with Crippen molar-refractivity contribution in [2.75, 3.05) is 26.7 Å². The predicted octanol–water partition coefficient (Wildman–Crippen LogP) is 3.82. The van der Waals surface area contributed by atoms with E-state index in [4.69, 9.17) is 16.3 Å². The highest BCUT2D eigenvalue weighted by molar-refractivity contribution is 9.10. The summed E-state index contributed by atoms with van der Waals surface area (Å²) in [5, 5.41) is 0.664. The summed E-state index contributed by atoms with van der Waals surface area (Å²) in [6.07, 6.45) is 2.51. The van der Waals surface area contributed by atoms with Crippen LogP contribution in [-0.2, 0) is 0 Å². The molecule has 0 aromatic heterocycles. The first-order chi connectivity index (χ1) is 8.16. The minimum atomic E-state index is 0.615. The highest BCUT2D eigenvalue weighted by atomic mass is 79.9. The van der Waals surface area contributed by atoms with Crippen LogP contribution in [0.15, 0.2) is 22.7 Å². The molecule has 1 unspecified atom stereocenters. The number of likely N-dealkylation sites (tertiary alicyclic amines) is 1. The van der Waals surface area contributed by atoms with E-state index in [9.17, 15) is 0 Å². The van der Waals surface area contributed by atoms with E-state index in [-0.39, 0.29) is 0 Å². The summed E-state index contributed by atoms with van der Waals surface area (Å²) in [6, 6.07) is 5.78. The number of nitrogens with zero attached hydrogens (tertiary/aromatic N) is 1. The fourth-order valence-electron chi connectivity index (χ4n) is 2.21. The molecule has 1 saturated heterocycles. The van der Waals surface area contributed by atoms with Gasteiger partial charge in [-0.1, -0.05) is 17.7 Å². The van der Waals surface area contributed by atoms with Gasteiger partial charge in [0.05, 0.1) is 11.6 Å². The molecular weight excluding hydrogens is 302 g/mol. The van der Waals surface area contributed by atoms with E-state index >= 15 is 0 Å². The van der Waals surface area contributed by atoms with Gasteiger partial charge < -0.3 is 9.64 Å². The molecule has 1 aliphatic rings. The molecule has 0 amide bonds. The normalized spacial score (nSPS) is 21.5. The Bertz CT molecular complexity index is 386. The molecule has 1 aromatic carbocycles. The van der Waals surface area contributed by atoms with Gasteiger partial charge in [0.25, 0.3) is 0 Å². The Labute approximate surface area is 116 Å². The lowest BCUT2D eigenvalue weighted by Gasteiger charge is -2.29. The number of hydrogen-bond donors (Lipinski definition) is 0. The van der Waals surface area contributed by atoms with Gasteiger partial charge in [-0.2, -0.15) is 0 Å². The topological polar surface area (TPSA) is 12.5 Å². The van der Waals surface area contributed by atoms with Crippen LogP contribution < -0.4 is 4.74 Å². The average Bonchev–Trinajstić information content (AvgIpc) is 2.31. The highest BCUT2D eigenvalue weighted by Crippen LogP contribution is 2.32. The maximum absolute atomic E-state index is 6.16. The molecule has 1 aliphatic heterocycles. The molecule has 1 fully saturated rings. The minimum Gasteiger partial charge on any atom is -0.492 e. The number of hydrogen-bond acceptors (Lipinski definition) is 2. The van der Waals surface area contributed by atoms with E-state index in [1.165, 1.54) is 19.4 Å². The molecule has 94 valence electrons. The van der Waals surface area contributed by atoms with E-state index in [2.05, 4.69) is 27.9 Å². The summed E-state index contributed by atoms with van der Waals surface area (Å²) in [6.45, 7) is 3.07. The highest BCUT2D eigenvalue weighted by Gasteiger charge is 2.18. The Morgan fingerprint density at radius 3 is 3.12 bits per heavy atom. The second-order valence-electron chi connectivity index (χ2n) is 4.63. The van der Waals surface area contributed by atoms with Crippen LogP contribution >= 0.6 is 27.5 Å². The van der Waals surface area contributed by atoms with E-state index in [1.54, 1.807) is 0 Å². The van der Waals surface area contributed by atoms with Gasteiger partial charge in [-0.15, -0.1) is 0 Å². The molecule has 1 atom stereocenters. The Kier molecular flexibility index (Phi) is 4.71. The third-order valence-electron chi connectivity index (χ3n) is 3.11. The molecule has 0 radical (unpaired) electrons. The number of rotatable bonds is 3. The fourth-order valence-corrected chi connectivity index (χ4v) is 2.74. The van der Waals surface area contributed by atoms with E-state index in [0.29, 0.717) is 10.9 Å². The zero-order valence-corrected chi connectivity index (χ0v) is 12.3. The lowest BCUT2D eigenvalue weighted by atomic mass is 10.00. The van der Waals surface area contributed by atoms with Crippen LogP contribution in [0.2, 0.25) is 5.02 Å². The van der Waals surface area contributed by atoms with Crippen molar-refractivity contribution < 1.29 is 4.74 Å².